The van der Waals surface area contributed by atoms with E-state index in [1.54, 1.807) is 4.90 Å². The van der Waals surface area contributed by atoms with Crippen molar-refractivity contribution in [2.24, 2.45) is 0 Å². The molecule has 2 aliphatic rings. The third-order valence-corrected chi connectivity index (χ3v) is 8.08. The van der Waals surface area contributed by atoms with Crippen LogP contribution in [-0.2, 0) is 17.7 Å². The lowest BCUT2D eigenvalue weighted by atomic mass is 9.97. The summed E-state index contributed by atoms with van der Waals surface area (Å²) in [5.41, 5.74) is 6.09. The molecule has 43 heavy (non-hydrogen) atoms. The number of likely N-dealkylation sites (N-methyl/N-ethyl adjacent to an activating group) is 1. The number of hydrogen-bond acceptors (Lipinski definition) is 7. The Kier molecular flexibility index (Phi) is 8.48. The van der Waals surface area contributed by atoms with E-state index < -0.39 is 5.60 Å². The van der Waals surface area contributed by atoms with Gasteiger partial charge in [0.25, 0.3) is 11.5 Å². The molecule has 1 fully saturated rings. The molecule has 0 aliphatic carbocycles. The summed E-state index contributed by atoms with van der Waals surface area (Å²) in [6.45, 7) is 15.8. The molecule has 1 aromatic carbocycles. The highest BCUT2D eigenvalue weighted by molar-refractivity contribution is 5.99. The molecule has 2 N–H and O–H groups in total. The second-order valence-corrected chi connectivity index (χ2v) is 12.3. The van der Waals surface area contributed by atoms with E-state index in [2.05, 4.69) is 33.1 Å². The van der Waals surface area contributed by atoms with Crippen molar-refractivity contribution >= 4 is 23.5 Å². The molecule has 3 aromatic rings. The average Bonchev–Trinajstić information content (AvgIpc) is 3.38. The minimum absolute atomic E-state index is 0.161. The first-order chi connectivity index (χ1) is 20.4. The molecule has 4 heterocycles. The molecule has 0 atom stereocenters. The largest absolute Gasteiger partial charge is 0.444 e. The van der Waals surface area contributed by atoms with Gasteiger partial charge < -0.3 is 29.7 Å². The fraction of sp³-hybridized carbons (Fsp3) is 0.455. The average molecular weight is 587 g/mol. The van der Waals surface area contributed by atoms with Gasteiger partial charge in [0.05, 0.1) is 0 Å². The minimum Gasteiger partial charge on any atom is -0.444 e. The minimum atomic E-state index is -0.517. The first kappa shape index (κ1) is 30.1. The maximum Gasteiger partial charge on any atom is 0.410 e. The summed E-state index contributed by atoms with van der Waals surface area (Å²) in [6.07, 6.45) is 2.36. The lowest BCUT2D eigenvalue weighted by molar-refractivity contribution is 0.0240. The maximum absolute atomic E-state index is 13.6. The number of anilines is 2. The number of carbonyl (C=O) groups is 2. The van der Waals surface area contributed by atoms with Crippen LogP contribution in [-0.4, -0.2) is 71.7 Å². The van der Waals surface area contributed by atoms with Crippen molar-refractivity contribution < 1.29 is 14.3 Å². The number of benzene rings is 1. The number of piperazine rings is 1. The number of pyridine rings is 2. The van der Waals surface area contributed by atoms with Crippen molar-refractivity contribution in [1.29, 1.82) is 0 Å². The second kappa shape index (κ2) is 12.1. The van der Waals surface area contributed by atoms with Crippen LogP contribution in [0, 0.1) is 13.8 Å². The second-order valence-electron chi connectivity index (χ2n) is 12.3. The van der Waals surface area contributed by atoms with Crippen molar-refractivity contribution in [3.63, 3.8) is 0 Å². The molecule has 0 radical (unpaired) electrons. The van der Waals surface area contributed by atoms with Gasteiger partial charge >= 0.3 is 6.09 Å². The third-order valence-electron chi connectivity index (χ3n) is 8.08. The van der Waals surface area contributed by atoms with Crippen LogP contribution in [0.1, 0.15) is 60.4 Å². The highest BCUT2D eigenvalue weighted by atomic mass is 16.6. The first-order valence-corrected chi connectivity index (χ1v) is 15.0. The molecule has 2 amide bonds. The van der Waals surface area contributed by atoms with Crippen molar-refractivity contribution in [3.05, 3.63) is 74.8 Å². The van der Waals surface area contributed by atoms with Crippen LogP contribution in [0.5, 0.6) is 0 Å². The Bertz CT molecular complexity index is 1570. The van der Waals surface area contributed by atoms with Crippen LogP contribution >= 0.6 is 0 Å². The lowest BCUT2D eigenvalue weighted by Crippen LogP contribution is -2.50. The van der Waals surface area contributed by atoms with Crippen LogP contribution in [0.3, 0.4) is 0 Å². The van der Waals surface area contributed by atoms with E-state index in [4.69, 9.17) is 9.72 Å². The molecule has 0 saturated carbocycles. The van der Waals surface area contributed by atoms with Gasteiger partial charge in [0, 0.05) is 80.1 Å². The molecular formula is C33H42N6O4. The lowest BCUT2D eigenvalue weighted by Gasteiger charge is -2.36. The molecule has 2 aromatic heterocycles. The Balaban J connectivity index is 1.33. The number of aromatic nitrogens is 2. The fourth-order valence-electron chi connectivity index (χ4n) is 5.82. The number of fused-ring (bicyclic) bond motifs is 1. The summed E-state index contributed by atoms with van der Waals surface area (Å²) < 4.78 is 5.51. The SMILES string of the molecule is CCN1CCc2c(C(=O)NCc3c(C)cc(C)[nH]c3=O)cc(-c3ccc(N4CCN(C(=O)OC(C)(C)C)CC4)nc3)cc21. The van der Waals surface area contributed by atoms with Crippen molar-refractivity contribution in [2.75, 3.05) is 49.1 Å². The van der Waals surface area contributed by atoms with Gasteiger partial charge in [-0.05, 0) is 95.0 Å². The molecule has 0 spiro atoms. The number of nitrogens with one attached hydrogen (secondary N) is 2. The number of aryl methyl sites for hydroxylation is 2. The van der Waals surface area contributed by atoms with E-state index in [1.807, 2.05) is 65.1 Å². The zero-order valence-electron chi connectivity index (χ0n) is 26.0. The van der Waals surface area contributed by atoms with Gasteiger partial charge in [0.15, 0.2) is 0 Å². The maximum atomic E-state index is 13.6. The van der Waals surface area contributed by atoms with Crippen LogP contribution in [0.15, 0.2) is 41.3 Å². The highest BCUT2D eigenvalue weighted by Crippen LogP contribution is 2.36. The molecule has 228 valence electrons. The van der Waals surface area contributed by atoms with Crippen molar-refractivity contribution in [2.45, 2.75) is 60.1 Å². The van der Waals surface area contributed by atoms with Gasteiger partial charge in [-0.1, -0.05) is 0 Å². The molecule has 2 aliphatic heterocycles. The highest BCUT2D eigenvalue weighted by Gasteiger charge is 2.27. The number of hydrogen-bond donors (Lipinski definition) is 2. The summed E-state index contributed by atoms with van der Waals surface area (Å²) in [6, 6.07) is 10.0. The fourth-order valence-corrected chi connectivity index (χ4v) is 5.82. The smallest absolute Gasteiger partial charge is 0.410 e. The van der Waals surface area contributed by atoms with E-state index in [-0.39, 0.29) is 24.1 Å². The van der Waals surface area contributed by atoms with Crippen LogP contribution in [0.4, 0.5) is 16.3 Å². The Morgan fingerprint density at radius 1 is 1.02 bits per heavy atom. The Morgan fingerprint density at radius 2 is 1.77 bits per heavy atom. The zero-order valence-corrected chi connectivity index (χ0v) is 26.0. The van der Waals surface area contributed by atoms with Gasteiger partial charge in [0.1, 0.15) is 11.4 Å². The zero-order chi connectivity index (χ0) is 30.9. The standard InChI is InChI=1S/C33H42N6O4/c1-7-37-11-10-25-26(30(40)35-20-27-21(2)16-22(3)36-31(27)41)17-24(18-28(25)37)23-8-9-29(34-19-23)38-12-14-39(15-13-38)32(42)43-33(4,5)6/h8-9,16-19H,7,10-15,20H2,1-6H3,(H,35,40)(H,36,41). The Hall–Kier alpha value is -4.34. The Labute approximate surface area is 253 Å². The molecular weight excluding hydrogens is 544 g/mol. The quantitative estimate of drug-likeness (QED) is 0.440. The molecule has 10 nitrogen and oxygen atoms in total. The number of rotatable bonds is 6. The van der Waals surface area contributed by atoms with E-state index in [0.29, 0.717) is 37.3 Å². The van der Waals surface area contributed by atoms with Gasteiger partial charge in [-0.25, -0.2) is 9.78 Å². The van der Waals surface area contributed by atoms with Crippen molar-refractivity contribution in [3.8, 4) is 11.1 Å². The van der Waals surface area contributed by atoms with Gasteiger partial charge in [-0.2, -0.15) is 0 Å². The van der Waals surface area contributed by atoms with E-state index in [1.165, 1.54) is 0 Å². The van der Waals surface area contributed by atoms with Crippen LogP contribution < -0.4 is 20.7 Å². The van der Waals surface area contributed by atoms with E-state index in [9.17, 15) is 14.4 Å². The number of ether oxygens (including phenoxy) is 1. The number of amides is 2. The summed E-state index contributed by atoms with van der Waals surface area (Å²) in [4.78, 5) is 52.3. The molecule has 0 bridgehead atoms. The number of carbonyl (C=O) groups excluding carboxylic acids is 2. The van der Waals surface area contributed by atoms with Gasteiger partial charge in [0.2, 0.25) is 0 Å². The summed E-state index contributed by atoms with van der Waals surface area (Å²) in [5.74, 6) is 0.656. The number of nitrogens with zero attached hydrogens (tertiary/aromatic N) is 4. The van der Waals surface area contributed by atoms with Crippen LogP contribution in [0.25, 0.3) is 11.1 Å². The Morgan fingerprint density at radius 3 is 2.40 bits per heavy atom. The molecule has 1 saturated heterocycles. The molecule has 5 rings (SSSR count). The number of aromatic amines is 1. The van der Waals surface area contributed by atoms with Gasteiger partial charge in [-0.15, -0.1) is 0 Å². The first-order valence-electron chi connectivity index (χ1n) is 15.0. The third kappa shape index (κ3) is 6.68. The normalized spacial score (nSPS) is 15.0. The summed E-state index contributed by atoms with van der Waals surface area (Å²) in [5, 5.41) is 3.00. The summed E-state index contributed by atoms with van der Waals surface area (Å²) in [7, 11) is 0. The monoisotopic (exact) mass is 586 g/mol. The van der Waals surface area contributed by atoms with E-state index in [0.717, 1.165) is 59.0 Å². The summed E-state index contributed by atoms with van der Waals surface area (Å²) >= 11 is 0. The van der Waals surface area contributed by atoms with Crippen LogP contribution in [0.2, 0.25) is 0 Å². The predicted molar refractivity (Wildman–Crippen MR) is 169 cm³/mol. The topological polar surface area (TPSA) is 111 Å². The number of H-pyrrole nitrogens is 1. The van der Waals surface area contributed by atoms with E-state index >= 15 is 0 Å². The van der Waals surface area contributed by atoms with Crippen molar-refractivity contribution in [1.82, 2.24) is 20.2 Å². The molecule has 10 heteroatoms. The predicted octanol–water partition coefficient (Wildman–Crippen LogP) is 4.42. The molecule has 0 unspecified atom stereocenters. The van der Waals surface area contributed by atoms with Gasteiger partial charge in [-0.3, -0.25) is 9.59 Å².